The number of aliphatic imine (C=N–C) groups is 1. The summed E-state index contributed by atoms with van der Waals surface area (Å²) in [5.41, 5.74) is 4.27. The van der Waals surface area contributed by atoms with Gasteiger partial charge in [-0.3, -0.25) is 4.99 Å². The molecule has 28 heavy (non-hydrogen) atoms. The Hall–Kier alpha value is -3.06. The number of ether oxygens (including phenoxy) is 1. The van der Waals surface area contributed by atoms with Gasteiger partial charge in [0.05, 0.1) is 18.2 Å². The van der Waals surface area contributed by atoms with Crippen LogP contribution in [0.25, 0.3) is 0 Å². The zero-order valence-electron chi connectivity index (χ0n) is 16.5. The van der Waals surface area contributed by atoms with E-state index in [0.717, 1.165) is 36.7 Å². The Morgan fingerprint density at radius 1 is 1.29 bits per heavy atom. The monoisotopic (exact) mass is 373 g/mol. The Bertz CT molecular complexity index is 878. The Kier molecular flexibility index (Phi) is 6.86. The molecular formula is C24H27N3O. The first-order valence-electron chi connectivity index (χ1n) is 9.81. The largest absolute Gasteiger partial charge is 0.494 e. The highest BCUT2D eigenvalue weighted by Gasteiger charge is 2.23. The second-order valence-electron chi connectivity index (χ2n) is 7.28. The number of anilines is 1. The normalized spacial score (nSPS) is 13.3. The maximum absolute atomic E-state index is 8.97. The number of hydrogen-bond donors (Lipinski definition) is 0. The van der Waals surface area contributed by atoms with Gasteiger partial charge < -0.3 is 9.64 Å². The molecule has 0 amide bonds. The molecule has 1 saturated carbocycles. The summed E-state index contributed by atoms with van der Waals surface area (Å²) in [6.07, 6.45) is 8.20. The van der Waals surface area contributed by atoms with Gasteiger partial charge in [0.15, 0.2) is 0 Å². The maximum atomic E-state index is 8.97. The van der Waals surface area contributed by atoms with Crippen molar-refractivity contribution in [2.24, 2.45) is 10.9 Å². The molecule has 0 radical (unpaired) electrons. The summed E-state index contributed by atoms with van der Waals surface area (Å²) in [6, 6.07) is 16.3. The van der Waals surface area contributed by atoms with Crippen molar-refractivity contribution >= 4 is 12.4 Å². The zero-order chi connectivity index (χ0) is 19.8. The molecule has 3 rings (SSSR count). The second-order valence-corrected chi connectivity index (χ2v) is 7.28. The SMILES string of the molecule is C=N/C=C\N(CC1CC1)c1cccc(OCCCc2ccc(C#N)cc2C)c1. The van der Waals surface area contributed by atoms with Gasteiger partial charge in [-0.05, 0) is 80.6 Å². The third-order valence-corrected chi connectivity index (χ3v) is 4.98. The second kappa shape index (κ2) is 9.75. The van der Waals surface area contributed by atoms with E-state index in [1.54, 1.807) is 6.20 Å². The lowest BCUT2D eigenvalue weighted by Crippen LogP contribution is -2.18. The van der Waals surface area contributed by atoms with Crippen LogP contribution in [0.4, 0.5) is 5.69 Å². The first-order chi connectivity index (χ1) is 13.7. The first-order valence-corrected chi connectivity index (χ1v) is 9.81. The summed E-state index contributed by atoms with van der Waals surface area (Å²) < 4.78 is 5.99. The molecule has 0 spiro atoms. The van der Waals surface area contributed by atoms with Crippen LogP contribution in [0.3, 0.4) is 0 Å². The number of rotatable bonds is 10. The standard InChI is InChI=1S/C24H27N3O/c1-19-15-21(17-25)10-11-22(19)5-4-14-28-24-7-3-6-23(16-24)27(13-12-26-2)18-20-8-9-20/h3,6-7,10-13,15-16,20H,2,4-5,8-9,14,18H2,1H3/b13-12-. The molecule has 144 valence electrons. The van der Waals surface area contributed by atoms with E-state index in [0.29, 0.717) is 12.2 Å². The Balaban J connectivity index is 1.54. The van der Waals surface area contributed by atoms with Crippen LogP contribution in [0, 0.1) is 24.2 Å². The average Bonchev–Trinajstić information content (AvgIpc) is 3.53. The van der Waals surface area contributed by atoms with Crippen LogP contribution in [0.1, 0.15) is 36.0 Å². The van der Waals surface area contributed by atoms with E-state index in [-0.39, 0.29) is 0 Å². The van der Waals surface area contributed by atoms with Gasteiger partial charge in [0.25, 0.3) is 0 Å². The molecule has 0 saturated heterocycles. The first kappa shape index (κ1) is 19.7. The van der Waals surface area contributed by atoms with Crippen molar-refractivity contribution in [3.63, 3.8) is 0 Å². The van der Waals surface area contributed by atoms with E-state index in [1.807, 2.05) is 36.5 Å². The third-order valence-electron chi connectivity index (χ3n) is 4.98. The van der Waals surface area contributed by atoms with Crippen LogP contribution in [-0.2, 0) is 6.42 Å². The molecule has 2 aromatic carbocycles. The van der Waals surface area contributed by atoms with Gasteiger partial charge in [0.1, 0.15) is 5.75 Å². The lowest BCUT2D eigenvalue weighted by Gasteiger charge is -2.21. The van der Waals surface area contributed by atoms with Gasteiger partial charge in [0, 0.05) is 30.7 Å². The van der Waals surface area contributed by atoms with Crippen molar-refractivity contribution in [2.75, 3.05) is 18.1 Å². The molecule has 0 N–H and O–H groups in total. The summed E-state index contributed by atoms with van der Waals surface area (Å²) in [7, 11) is 0. The Morgan fingerprint density at radius 3 is 2.86 bits per heavy atom. The average molecular weight is 374 g/mol. The van der Waals surface area contributed by atoms with E-state index >= 15 is 0 Å². The van der Waals surface area contributed by atoms with E-state index in [4.69, 9.17) is 10.00 Å². The van der Waals surface area contributed by atoms with E-state index in [9.17, 15) is 0 Å². The molecule has 0 unspecified atom stereocenters. The smallest absolute Gasteiger partial charge is 0.121 e. The molecule has 1 aliphatic carbocycles. The highest BCUT2D eigenvalue weighted by atomic mass is 16.5. The van der Waals surface area contributed by atoms with Gasteiger partial charge in [-0.25, -0.2) is 0 Å². The molecule has 0 aliphatic heterocycles. The van der Waals surface area contributed by atoms with Crippen LogP contribution < -0.4 is 9.64 Å². The fourth-order valence-corrected chi connectivity index (χ4v) is 3.21. The number of aryl methyl sites for hydroxylation is 2. The van der Waals surface area contributed by atoms with Crippen molar-refractivity contribution in [1.82, 2.24) is 0 Å². The van der Waals surface area contributed by atoms with Gasteiger partial charge in [-0.15, -0.1) is 0 Å². The number of nitrogens with zero attached hydrogens (tertiary/aromatic N) is 3. The van der Waals surface area contributed by atoms with Crippen molar-refractivity contribution < 1.29 is 4.74 Å². The van der Waals surface area contributed by atoms with E-state index in [1.165, 1.54) is 24.0 Å². The quantitative estimate of drug-likeness (QED) is 0.421. The molecule has 0 bridgehead atoms. The number of benzene rings is 2. The van der Waals surface area contributed by atoms with Crippen molar-refractivity contribution in [2.45, 2.75) is 32.6 Å². The van der Waals surface area contributed by atoms with E-state index < -0.39 is 0 Å². The Labute approximate surface area is 167 Å². The molecule has 1 aliphatic rings. The summed E-state index contributed by atoms with van der Waals surface area (Å²) >= 11 is 0. The number of hydrogen-bond acceptors (Lipinski definition) is 4. The maximum Gasteiger partial charge on any atom is 0.121 e. The lowest BCUT2D eigenvalue weighted by molar-refractivity contribution is 0.311. The minimum atomic E-state index is 0.662. The van der Waals surface area contributed by atoms with E-state index in [2.05, 4.69) is 41.7 Å². The Morgan fingerprint density at radius 2 is 2.14 bits per heavy atom. The summed E-state index contributed by atoms with van der Waals surface area (Å²) in [4.78, 5) is 6.06. The predicted molar refractivity (Wildman–Crippen MR) is 115 cm³/mol. The van der Waals surface area contributed by atoms with Gasteiger partial charge in [-0.1, -0.05) is 12.1 Å². The topological polar surface area (TPSA) is 48.6 Å². The van der Waals surface area contributed by atoms with Crippen LogP contribution in [0.5, 0.6) is 5.75 Å². The highest BCUT2D eigenvalue weighted by Crippen LogP contribution is 2.32. The minimum Gasteiger partial charge on any atom is -0.494 e. The summed E-state index contributed by atoms with van der Waals surface area (Å²) in [5.74, 6) is 1.66. The molecule has 2 aromatic rings. The van der Waals surface area contributed by atoms with Crippen LogP contribution >= 0.6 is 0 Å². The lowest BCUT2D eigenvalue weighted by atomic mass is 10.0. The summed E-state index contributed by atoms with van der Waals surface area (Å²) in [5, 5.41) is 8.97. The van der Waals surface area contributed by atoms with Crippen LogP contribution in [0.2, 0.25) is 0 Å². The molecule has 0 atom stereocenters. The molecule has 1 fully saturated rings. The van der Waals surface area contributed by atoms with Crippen molar-refractivity contribution in [3.8, 4) is 11.8 Å². The molecular weight excluding hydrogens is 346 g/mol. The van der Waals surface area contributed by atoms with Gasteiger partial charge in [-0.2, -0.15) is 5.26 Å². The minimum absolute atomic E-state index is 0.662. The highest BCUT2D eigenvalue weighted by molar-refractivity contribution is 5.53. The molecule has 4 heteroatoms. The van der Waals surface area contributed by atoms with Crippen molar-refractivity contribution in [3.05, 3.63) is 71.6 Å². The zero-order valence-corrected chi connectivity index (χ0v) is 16.5. The van der Waals surface area contributed by atoms with Crippen LogP contribution in [-0.4, -0.2) is 19.9 Å². The predicted octanol–water partition coefficient (Wildman–Crippen LogP) is 5.27. The third kappa shape index (κ3) is 5.72. The van der Waals surface area contributed by atoms with Gasteiger partial charge >= 0.3 is 0 Å². The fourth-order valence-electron chi connectivity index (χ4n) is 3.21. The molecule has 0 aromatic heterocycles. The van der Waals surface area contributed by atoms with Gasteiger partial charge in [0.2, 0.25) is 0 Å². The number of nitriles is 1. The molecule has 0 heterocycles. The van der Waals surface area contributed by atoms with Crippen LogP contribution in [0.15, 0.2) is 59.9 Å². The molecule has 4 nitrogen and oxygen atoms in total. The summed E-state index contributed by atoms with van der Waals surface area (Å²) in [6.45, 7) is 7.25. The van der Waals surface area contributed by atoms with Crippen molar-refractivity contribution in [1.29, 1.82) is 5.26 Å². The fraction of sp³-hybridized carbons (Fsp3) is 0.333.